The summed E-state index contributed by atoms with van der Waals surface area (Å²) in [5.41, 5.74) is -0.504. The number of rotatable bonds is 7. The van der Waals surface area contributed by atoms with Crippen molar-refractivity contribution < 1.29 is 19.8 Å². The highest BCUT2D eigenvalue weighted by Gasteiger charge is 2.40. The number of carboxylic acids is 1. The number of piperidine rings is 1. The number of carbonyl (C=O) groups is 2. The Morgan fingerprint density at radius 2 is 2.21 bits per heavy atom. The second-order valence-electron chi connectivity index (χ2n) is 5.19. The average molecular weight is 272 g/mol. The highest BCUT2D eigenvalue weighted by atomic mass is 16.4. The lowest BCUT2D eigenvalue weighted by Gasteiger charge is -2.37. The number of hydrogen-bond acceptors (Lipinski definition) is 4. The predicted molar refractivity (Wildman–Crippen MR) is 70.7 cm³/mol. The van der Waals surface area contributed by atoms with Crippen LogP contribution < -0.4 is 10.6 Å². The zero-order chi connectivity index (χ0) is 14.3. The van der Waals surface area contributed by atoms with Gasteiger partial charge in [0, 0.05) is 19.6 Å². The maximum absolute atomic E-state index is 12.4. The van der Waals surface area contributed by atoms with E-state index in [4.69, 9.17) is 10.2 Å². The van der Waals surface area contributed by atoms with Crippen molar-refractivity contribution in [2.24, 2.45) is 5.41 Å². The molecule has 0 aliphatic carbocycles. The molecule has 110 valence electrons. The standard InChI is InChI=1S/C13H24N2O4/c1-2-5-13(6-3-7-14-9-13)12(19)15-10(4-8-16)11(17)18/h10,14,16H,2-9H2,1H3,(H,15,19)(H,17,18)/t10-,13?/m1/s1. The molecule has 0 aromatic heterocycles. The number of aliphatic carboxylic acids is 1. The normalized spacial score (nSPS) is 24.7. The van der Waals surface area contributed by atoms with Crippen LogP contribution in [0.25, 0.3) is 0 Å². The number of hydrogen-bond donors (Lipinski definition) is 4. The first kappa shape index (κ1) is 15.9. The topological polar surface area (TPSA) is 98.7 Å². The van der Waals surface area contributed by atoms with Crippen LogP contribution in [0, 0.1) is 5.41 Å². The van der Waals surface area contributed by atoms with Crippen molar-refractivity contribution >= 4 is 11.9 Å². The summed E-state index contributed by atoms with van der Waals surface area (Å²) in [6.07, 6.45) is 3.37. The minimum absolute atomic E-state index is 0.0384. The maximum Gasteiger partial charge on any atom is 0.326 e. The first-order valence-corrected chi connectivity index (χ1v) is 6.91. The molecule has 1 fully saturated rings. The van der Waals surface area contributed by atoms with E-state index in [0.29, 0.717) is 6.54 Å². The van der Waals surface area contributed by atoms with Crippen LogP contribution in [0.15, 0.2) is 0 Å². The lowest BCUT2D eigenvalue weighted by Crippen LogP contribution is -2.54. The maximum atomic E-state index is 12.4. The Labute approximate surface area is 113 Å². The highest BCUT2D eigenvalue weighted by Crippen LogP contribution is 2.32. The third-order valence-electron chi connectivity index (χ3n) is 3.70. The van der Waals surface area contributed by atoms with Crippen LogP contribution in [0.5, 0.6) is 0 Å². The van der Waals surface area contributed by atoms with Gasteiger partial charge in [-0.25, -0.2) is 4.79 Å². The Kier molecular flexibility index (Phi) is 6.24. The molecule has 1 heterocycles. The minimum atomic E-state index is -1.10. The zero-order valence-electron chi connectivity index (χ0n) is 11.4. The van der Waals surface area contributed by atoms with Crippen molar-refractivity contribution in [3.8, 4) is 0 Å². The molecule has 19 heavy (non-hydrogen) atoms. The molecular formula is C13H24N2O4. The summed E-state index contributed by atoms with van der Waals surface area (Å²) in [4.78, 5) is 23.4. The number of aliphatic hydroxyl groups excluding tert-OH is 1. The van der Waals surface area contributed by atoms with E-state index in [-0.39, 0.29) is 18.9 Å². The van der Waals surface area contributed by atoms with E-state index >= 15 is 0 Å². The molecule has 0 bridgehead atoms. The number of aliphatic hydroxyl groups is 1. The van der Waals surface area contributed by atoms with E-state index in [9.17, 15) is 9.59 Å². The number of nitrogens with one attached hydrogen (secondary N) is 2. The summed E-state index contributed by atoms with van der Waals surface area (Å²) in [5.74, 6) is -1.31. The Balaban J connectivity index is 2.73. The van der Waals surface area contributed by atoms with Crippen LogP contribution in [-0.2, 0) is 9.59 Å². The van der Waals surface area contributed by atoms with Gasteiger partial charge in [-0.3, -0.25) is 4.79 Å². The van der Waals surface area contributed by atoms with Gasteiger partial charge in [-0.2, -0.15) is 0 Å². The molecule has 1 saturated heterocycles. The summed E-state index contributed by atoms with van der Waals surface area (Å²) in [6, 6.07) is -1.01. The van der Waals surface area contributed by atoms with Crippen molar-refractivity contribution in [3.63, 3.8) is 0 Å². The predicted octanol–water partition coefficient (Wildman–Crippen LogP) is 0.108. The summed E-state index contributed by atoms with van der Waals surface area (Å²) in [5, 5.41) is 23.7. The molecule has 2 atom stereocenters. The molecule has 6 heteroatoms. The van der Waals surface area contributed by atoms with Gasteiger partial charge in [-0.15, -0.1) is 0 Å². The van der Waals surface area contributed by atoms with Gasteiger partial charge in [0.25, 0.3) is 0 Å². The van der Waals surface area contributed by atoms with Crippen LogP contribution in [0.2, 0.25) is 0 Å². The lowest BCUT2D eigenvalue weighted by atomic mass is 9.76. The Bertz CT molecular complexity index is 308. The molecule has 1 aliphatic heterocycles. The lowest BCUT2D eigenvalue weighted by molar-refractivity contribution is -0.145. The van der Waals surface area contributed by atoms with Crippen molar-refractivity contribution in [1.82, 2.24) is 10.6 Å². The summed E-state index contributed by atoms with van der Waals surface area (Å²) < 4.78 is 0. The monoisotopic (exact) mass is 272 g/mol. The van der Waals surface area contributed by atoms with E-state index in [1.807, 2.05) is 6.92 Å². The van der Waals surface area contributed by atoms with Crippen molar-refractivity contribution in [2.75, 3.05) is 19.7 Å². The van der Waals surface area contributed by atoms with Gasteiger partial charge in [-0.05, 0) is 25.8 Å². The molecule has 0 aromatic carbocycles. The van der Waals surface area contributed by atoms with Gasteiger partial charge in [0.1, 0.15) is 6.04 Å². The smallest absolute Gasteiger partial charge is 0.326 e. The molecule has 1 amide bonds. The zero-order valence-corrected chi connectivity index (χ0v) is 11.4. The molecule has 1 aliphatic rings. The van der Waals surface area contributed by atoms with E-state index in [2.05, 4.69) is 10.6 Å². The van der Waals surface area contributed by atoms with Crippen LogP contribution in [-0.4, -0.2) is 47.8 Å². The van der Waals surface area contributed by atoms with Crippen molar-refractivity contribution in [1.29, 1.82) is 0 Å². The first-order chi connectivity index (χ1) is 9.05. The van der Waals surface area contributed by atoms with Gasteiger partial charge in [0.15, 0.2) is 0 Å². The molecule has 0 aromatic rings. The van der Waals surface area contributed by atoms with E-state index in [1.165, 1.54) is 0 Å². The molecule has 0 radical (unpaired) electrons. The molecule has 1 rings (SSSR count). The summed E-state index contributed by atoms with van der Waals surface area (Å²) in [6.45, 7) is 3.26. The van der Waals surface area contributed by atoms with Gasteiger partial charge >= 0.3 is 5.97 Å². The van der Waals surface area contributed by atoms with E-state index in [0.717, 1.165) is 32.2 Å². The highest BCUT2D eigenvalue weighted by molar-refractivity contribution is 5.87. The van der Waals surface area contributed by atoms with Crippen molar-refractivity contribution in [3.05, 3.63) is 0 Å². The van der Waals surface area contributed by atoms with Crippen LogP contribution in [0.3, 0.4) is 0 Å². The third kappa shape index (κ3) is 4.18. The fraction of sp³-hybridized carbons (Fsp3) is 0.846. The average Bonchev–Trinajstić information content (AvgIpc) is 2.39. The Hall–Kier alpha value is -1.14. The van der Waals surface area contributed by atoms with Crippen molar-refractivity contribution in [2.45, 2.75) is 45.1 Å². The van der Waals surface area contributed by atoms with Crippen LogP contribution >= 0.6 is 0 Å². The quantitative estimate of drug-likeness (QED) is 0.527. The number of carbonyl (C=O) groups excluding carboxylic acids is 1. The molecule has 0 saturated carbocycles. The van der Waals surface area contributed by atoms with Crippen LogP contribution in [0.1, 0.15) is 39.0 Å². The second-order valence-corrected chi connectivity index (χ2v) is 5.19. The van der Waals surface area contributed by atoms with Gasteiger partial charge in [0.05, 0.1) is 5.41 Å². The number of carboxylic acid groups (broad SMARTS) is 1. The molecule has 0 spiro atoms. The van der Waals surface area contributed by atoms with Gasteiger partial charge in [-0.1, -0.05) is 13.3 Å². The number of amides is 1. The summed E-state index contributed by atoms with van der Waals surface area (Å²) >= 11 is 0. The fourth-order valence-electron chi connectivity index (χ4n) is 2.66. The van der Waals surface area contributed by atoms with Crippen LogP contribution in [0.4, 0.5) is 0 Å². The third-order valence-corrected chi connectivity index (χ3v) is 3.70. The van der Waals surface area contributed by atoms with E-state index in [1.54, 1.807) is 0 Å². The largest absolute Gasteiger partial charge is 0.480 e. The molecule has 4 N–H and O–H groups in total. The second kappa shape index (κ2) is 7.45. The molecular weight excluding hydrogens is 248 g/mol. The summed E-state index contributed by atoms with van der Waals surface area (Å²) in [7, 11) is 0. The fourth-order valence-corrected chi connectivity index (χ4v) is 2.66. The molecule has 1 unspecified atom stereocenters. The Morgan fingerprint density at radius 3 is 2.68 bits per heavy atom. The SMILES string of the molecule is CCCC1(C(=O)N[C@H](CCO)C(=O)O)CCCNC1. The molecule has 6 nitrogen and oxygen atoms in total. The van der Waals surface area contributed by atoms with E-state index < -0.39 is 17.4 Å². The van der Waals surface area contributed by atoms with Gasteiger partial charge < -0.3 is 20.8 Å². The Morgan fingerprint density at radius 1 is 1.47 bits per heavy atom. The minimum Gasteiger partial charge on any atom is -0.480 e. The van der Waals surface area contributed by atoms with Gasteiger partial charge in [0.2, 0.25) is 5.91 Å². The first-order valence-electron chi connectivity index (χ1n) is 6.91.